The Morgan fingerprint density at radius 1 is 1.33 bits per heavy atom. The molecule has 1 saturated carbocycles. The van der Waals surface area contributed by atoms with E-state index < -0.39 is 12.2 Å². The lowest BCUT2D eigenvalue weighted by molar-refractivity contribution is -0.121. The van der Waals surface area contributed by atoms with E-state index in [2.05, 4.69) is 5.32 Å². The number of aliphatic hydroxyl groups is 2. The number of hydrogen-bond acceptors (Lipinski definition) is 5. The minimum Gasteiger partial charge on any atom is -0.396 e. The van der Waals surface area contributed by atoms with Gasteiger partial charge in [0, 0.05) is 33.7 Å². The minimum atomic E-state index is -0.732. The van der Waals surface area contributed by atoms with Crippen LogP contribution >= 0.6 is 0 Å². The van der Waals surface area contributed by atoms with E-state index in [9.17, 15) is 15.0 Å². The number of ether oxygens (including phenoxy) is 2. The van der Waals surface area contributed by atoms with Crippen LogP contribution in [0.15, 0.2) is 0 Å². The predicted octanol–water partition coefficient (Wildman–Crippen LogP) is -0.716. The predicted molar refractivity (Wildman–Crippen MR) is 65.0 cm³/mol. The smallest absolute Gasteiger partial charge is 0.217 e. The second-order valence-electron chi connectivity index (χ2n) is 4.76. The summed E-state index contributed by atoms with van der Waals surface area (Å²) in [6.45, 7) is 1.35. The highest BCUT2D eigenvalue weighted by Crippen LogP contribution is 2.27. The van der Waals surface area contributed by atoms with Gasteiger partial charge in [-0.1, -0.05) is 0 Å². The van der Waals surface area contributed by atoms with Crippen LogP contribution in [0.25, 0.3) is 0 Å². The van der Waals surface area contributed by atoms with Gasteiger partial charge in [0.15, 0.2) is 0 Å². The van der Waals surface area contributed by atoms with Crippen molar-refractivity contribution in [3.63, 3.8) is 0 Å². The van der Waals surface area contributed by atoms with Crippen molar-refractivity contribution in [3.05, 3.63) is 0 Å². The Morgan fingerprint density at radius 2 is 2.00 bits per heavy atom. The van der Waals surface area contributed by atoms with Crippen molar-refractivity contribution in [2.45, 2.75) is 44.1 Å². The van der Waals surface area contributed by atoms with Gasteiger partial charge in [0.05, 0.1) is 24.4 Å². The van der Waals surface area contributed by atoms with Crippen molar-refractivity contribution in [1.29, 1.82) is 0 Å². The fourth-order valence-corrected chi connectivity index (χ4v) is 2.66. The zero-order chi connectivity index (χ0) is 13.7. The van der Waals surface area contributed by atoms with Gasteiger partial charge in [0.25, 0.3) is 0 Å². The van der Waals surface area contributed by atoms with Gasteiger partial charge in [-0.3, -0.25) is 4.79 Å². The van der Waals surface area contributed by atoms with Gasteiger partial charge in [-0.15, -0.1) is 0 Å². The molecule has 1 aliphatic carbocycles. The van der Waals surface area contributed by atoms with Crippen LogP contribution in [0.4, 0.5) is 0 Å². The first kappa shape index (κ1) is 15.4. The van der Waals surface area contributed by atoms with E-state index in [1.165, 1.54) is 14.0 Å². The number of nitrogens with one attached hydrogen (secondary N) is 1. The second-order valence-corrected chi connectivity index (χ2v) is 4.76. The summed E-state index contributed by atoms with van der Waals surface area (Å²) < 4.78 is 10.6. The highest BCUT2D eigenvalue weighted by atomic mass is 16.5. The van der Waals surface area contributed by atoms with E-state index in [0.29, 0.717) is 12.8 Å². The third-order valence-corrected chi connectivity index (χ3v) is 3.52. The summed E-state index contributed by atoms with van der Waals surface area (Å²) >= 11 is 0. The summed E-state index contributed by atoms with van der Waals surface area (Å²) in [5.74, 6) is -0.362. The summed E-state index contributed by atoms with van der Waals surface area (Å²) in [6, 6.07) is -0.267. The highest BCUT2D eigenvalue weighted by molar-refractivity contribution is 5.73. The summed E-state index contributed by atoms with van der Waals surface area (Å²) in [7, 11) is 3.07. The SMILES string of the molecule is CO[C@@H]1C(CO)C[C@@H](OC)C(NC(C)=O)C[C@H]1O. The normalized spacial score (nSPS) is 37.1. The van der Waals surface area contributed by atoms with Crippen LogP contribution in [0.5, 0.6) is 0 Å². The largest absolute Gasteiger partial charge is 0.396 e. The first-order chi connectivity index (χ1) is 8.53. The molecule has 106 valence electrons. The van der Waals surface area contributed by atoms with Crippen LogP contribution in [0, 0.1) is 5.92 Å². The molecule has 1 amide bonds. The van der Waals surface area contributed by atoms with Crippen molar-refractivity contribution < 1.29 is 24.5 Å². The van der Waals surface area contributed by atoms with Gasteiger partial charge >= 0.3 is 0 Å². The summed E-state index contributed by atoms with van der Waals surface area (Å²) in [6.07, 6.45) is -0.517. The maximum Gasteiger partial charge on any atom is 0.217 e. The zero-order valence-corrected chi connectivity index (χ0v) is 11.1. The Bertz CT molecular complexity index is 273. The molecular weight excluding hydrogens is 238 g/mol. The molecular formula is C12H23NO5. The van der Waals surface area contributed by atoms with E-state index in [1.807, 2.05) is 0 Å². The zero-order valence-electron chi connectivity index (χ0n) is 11.1. The molecule has 1 fully saturated rings. The monoisotopic (exact) mass is 261 g/mol. The minimum absolute atomic E-state index is 0.0811. The first-order valence-corrected chi connectivity index (χ1v) is 6.15. The van der Waals surface area contributed by atoms with E-state index in [-0.39, 0.29) is 30.6 Å². The molecule has 0 bridgehead atoms. The Hall–Kier alpha value is -0.690. The number of rotatable bonds is 4. The Morgan fingerprint density at radius 3 is 2.44 bits per heavy atom. The second kappa shape index (κ2) is 7.04. The molecule has 0 aliphatic heterocycles. The third-order valence-electron chi connectivity index (χ3n) is 3.52. The number of carbonyl (C=O) groups is 1. The van der Waals surface area contributed by atoms with E-state index in [0.717, 1.165) is 0 Å². The number of methoxy groups -OCH3 is 2. The highest BCUT2D eigenvalue weighted by Gasteiger charge is 2.39. The summed E-state index contributed by atoms with van der Waals surface area (Å²) in [4.78, 5) is 11.2. The van der Waals surface area contributed by atoms with E-state index in [4.69, 9.17) is 9.47 Å². The summed E-state index contributed by atoms with van der Waals surface area (Å²) in [5, 5.41) is 22.3. The van der Waals surface area contributed by atoms with Crippen LogP contribution in [-0.2, 0) is 14.3 Å². The van der Waals surface area contributed by atoms with Crippen LogP contribution in [0.2, 0.25) is 0 Å². The average molecular weight is 261 g/mol. The maximum atomic E-state index is 11.2. The van der Waals surface area contributed by atoms with Crippen molar-refractivity contribution in [3.8, 4) is 0 Å². The van der Waals surface area contributed by atoms with Crippen LogP contribution in [0.3, 0.4) is 0 Å². The first-order valence-electron chi connectivity index (χ1n) is 6.15. The van der Waals surface area contributed by atoms with Gasteiger partial charge in [-0.05, 0) is 12.8 Å². The lowest BCUT2D eigenvalue weighted by atomic mass is 9.96. The topological polar surface area (TPSA) is 88.0 Å². The fraction of sp³-hybridized carbons (Fsp3) is 0.917. The molecule has 0 saturated heterocycles. The molecule has 3 N–H and O–H groups in total. The fourth-order valence-electron chi connectivity index (χ4n) is 2.66. The van der Waals surface area contributed by atoms with Crippen molar-refractivity contribution in [2.75, 3.05) is 20.8 Å². The molecule has 1 rings (SSSR count). The van der Waals surface area contributed by atoms with Crippen molar-refractivity contribution in [1.82, 2.24) is 5.32 Å². The molecule has 5 atom stereocenters. The lowest BCUT2D eigenvalue weighted by Gasteiger charge is -2.26. The molecule has 0 radical (unpaired) electrons. The van der Waals surface area contributed by atoms with Gasteiger partial charge in [0.1, 0.15) is 0 Å². The summed E-state index contributed by atoms with van der Waals surface area (Å²) in [5.41, 5.74) is 0. The van der Waals surface area contributed by atoms with Crippen LogP contribution in [0.1, 0.15) is 19.8 Å². The molecule has 2 unspecified atom stereocenters. The van der Waals surface area contributed by atoms with Crippen LogP contribution < -0.4 is 5.32 Å². The Labute approximate surface area is 107 Å². The number of hydrogen-bond donors (Lipinski definition) is 3. The van der Waals surface area contributed by atoms with Crippen molar-refractivity contribution in [2.24, 2.45) is 5.92 Å². The van der Waals surface area contributed by atoms with Gasteiger partial charge in [-0.25, -0.2) is 0 Å². The molecule has 6 nitrogen and oxygen atoms in total. The molecule has 0 spiro atoms. The molecule has 18 heavy (non-hydrogen) atoms. The standard InChI is InChI=1S/C12H23NO5/c1-7(15)13-9-5-10(16)12(18-3)8(6-14)4-11(9)17-2/h8-12,14,16H,4-6H2,1-3H3,(H,13,15)/t8?,9?,10-,11-,12-/m1/s1. The van der Waals surface area contributed by atoms with E-state index >= 15 is 0 Å². The molecule has 0 aromatic rings. The molecule has 0 aromatic heterocycles. The van der Waals surface area contributed by atoms with Crippen molar-refractivity contribution >= 4 is 5.91 Å². The maximum absolute atomic E-state index is 11.2. The Kier molecular flexibility index (Phi) is 6.01. The third kappa shape index (κ3) is 3.65. The molecule has 0 heterocycles. The lowest BCUT2D eigenvalue weighted by Crippen LogP contribution is -2.44. The number of aliphatic hydroxyl groups excluding tert-OH is 2. The van der Waals surface area contributed by atoms with Gasteiger partial charge < -0.3 is 25.0 Å². The van der Waals surface area contributed by atoms with Crippen LogP contribution in [-0.4, -0.2) is 61.3 Å². The molecule has 6 heteroatoms. The van der Waals surface area contributed by atoms with Gasteiger partial charge in [-0.2, -0.15) is 0 Å². The number of carbonyl (C=O) groups excluding carboxylic acids is 1. The molecule has 0 aromatic carbocycles. The Balaban J connectivity index is 2.85. The average Bonchev–Trinajstić information content (AvgIpc) is 2.44. The van der Waals surface area contributed by atoms with E-state index in [1.54, 1.807) is 7.11 Å². The van der Waals surface area contributed by atoms with Gasteiger partial charge in [0.2, 0.25) is 5.91 Å². The quantitative estimate of drug-likeness (QED) is 0.582. The molecule has 1 aliphatic rings. The number of amides is 1.